The van der Waals surface area contributed by atoms with Gasteiger partial charge in [0.1, 0.15) is 0 Å². The number of ether oxygens (including phenoxy) is 3. The van der Waals surface area contributed by atoms with Gasteiger partial charge in [0.2, 0.25) is 0 Å². The molecule has 4 heteroatoms. The molecule has 2 aliphatic rings. The highest BCUT2D eigenvalue weighted by molar-refractivity contribution is 5.89. The summed E-state index contributed by atoms with van der Waals surface area (Å²) in [5.74, 6) is 0.670. The number of carbonyl (C=O) groups excluding carboxylic acids is 1. The van der Waals surface area contributed by atoms with Crippen molar-refractivity contribution in [2.75, 3.05) is 19.8 Å². The zero-order chi connectivity index (χ0) is 25.9. The Kier molecular flexibility index (Phi) is 11.1. The van der Waals surface area contributed by atoms with Crippen molar-refractivity contribution in [3.8, 4) is 0 Å². The summed E-state index contributed by atoms with van der Waals surface area (Å²) >= 11 is 0. The van der Waals surface area contributed by atoms with Gasteiger partial charge in [-0.15, -0.1) is 0 Å². The highest BCUT2D eigenvalue weighted by Crippen LogP contribution is 2.39. The molecular formula is C33H46O4. The van der Waals surface area contributed by atoms with Crippen molar-refractivity contribution in [3.05, 3.63) is 70.3 Å². The maximum absolute atomic E-state index is 12.3. The van der Waals surface area contributed by atoms with Gasteiger partial charge in [0, 0.05) is 11.5 Å². The van der Waals surface area contributed by atoms with Gasteiger partial charge in [-0.2, -0.15) is 0 Å². The van der Waals surface area contributed by atoms with Crippen LogP contribution in [-0.2, 0) is 20.6 Å². The third-order valence-electron chi connectivity index (χ3n) is 8.00. The van der Waals surface area contributed by atoms with Crippen LogP contribution in [0.3, 0.4) is 0 Å². The summed E-state index contributed by atoms with van der Waals surface area (Å²) in [6, 6.07) is 14.7. The van der Waals surface area contributed by atoms with Crippen LogP contribution in [-0.4, -0.2) is 25.8 Å². The minimum Gasteiger partial charge on any atom is -0.462 e. The minimum absolute atomic E-state index is 0.258. The van der Waals surface area contributed by atoms with Crippen LogP contribution in [0.15, 0.2) is 42.5 Å². The molecule has 37 heavy (non-hydrogen) atoms. The molecule has 4 nitrogen and oxygen atoms in total. The highest BCUT2D eigenvalue weighted by Gasteiger charge is 2.29. The van der Waals surface area contributed by atoms with E-state index in [1.54, 1.807) is 5.56 Å². The Morgan fingerprint density at radius 1 is 0.811 bits per heavy atom. The Morgan fingerprint density at radius 3 is 2.24 bits per heavy atom. The van der Waals surface area contributed by atoms with Crippen LogP contribution in [0.5, 0.6) is 0 Å². The lowest BCUT2D eigenvalue weighted by molar-refractivity contribution is -0.191. The number of unbranched alkanes of at least 4 members (excludes halogenated alkanes) is 4. The van der Waals surface area contributed by atoms with E-state index in [2.05, 4.69) is 32.0 Å². The third kappa shape index (κ3) is 7.91. The summed E-state index contributed by atoms with van der Waals surface area (Å²) in [6.07, 6.45) is 14.3. The van der Waals surface area contributed by atoms with Gasteiger partial charge in [-0.1, -0.05) is 89.1 Å². The second-order valence-electron chi connectivity index (χ2n) is 10.9. The highest BCUT2D eigenvalue weighted by atomic mass is 16.7. The van der Waals surface area contributed by atoms with Gasteiger partial charge < -0.3 is 14.2 Å². The largest absolute Gasteiger partial charge is 0.462 e. The van der Waals surface area contributed by atoms with Gasteiger partial charge in [-0.05, 0) is 66.8 Å². The predicted molar refractivity (Wildman–Crippen MR) is 149 cm³/mol. The Labute approximate surface area is 224 Å². The van der Waals surface area contributed by atoms with Crippen LogP contribution < -0.4 is 0 Å². The molecule has 1 saturated carbocycles. The fraction of sp³-hybridized carbons (Fsp3) is 0.606. The Morgan fingerprint density at radius 2 is 1.54 bits per heavy atom. The molecule has 0 aromatic heterocycles. The van der Waals surface area contributed by atoms with Crippen LogP contribution in [0.2, 0.25) is 0 Å². The van der Waals surface area contributed by atoms with Gasteiger partial charge in [-0.25, -0.2) is 4.79 Å². The molecule has 1 aliphatic carbocycles. The van der Waals surface area contributed by atoms with Crippen molar-refractivity contribution in [3.63, 3.8) is 0 Å². The predicted octanol–water partition coefficient (Wildman–Crippen LogP) is 8.64. The molecule has 4 rings (SSSR count). The van der Waals surface area contributed by atoms with Gasteiger partial charge in [0.25, 0.3) is 0 Å². The van der Waals surface area contributed by atoms with E-state index < -0.39 is 6.29 Å². The maximum atomic E-state index is 12.3. The molecule has 1 heterocycles. The second-order valence-corrected chi connectivity index (χ2v) is 10.9. The van der Waals surface area contributed by atoms with Crippen molar-refractivity contribution in [2.24, 2.45) is 0 Å². The third-order valence-corrected chi connectivity index (χ3v) is 8.00. The van der Waals surface area contributed by atoms with E-state index in [9.17, 15) is 4.79 Å². The van der Waals surface area contributed by atoms with Crippen molar-refractivity contribution in [1.82, 2.24) is 0 Å². The van der Waals surface area contributed by atoms with Crippen molar-refractivity contribution >= 4 is 5.97 Å². The number of esters is 1. The first-order valence-electron chi connectivity index (χ1n) is 14.8. The number of benzene rings is 2. The summed E-state index contributed by atoms with van der Waals surface area (Å²) in [7, 11) is 0. The SMILES string of the molecule is CCCCCCOC(=O)c1ccc([C@H]2OC[C@H](c3ccc(CCCC)cc3C3CCCCC3)CO2)cc1. The van der Waals surface area contributed by atoms with Crippen molar-refractivity contribution in [2.45, 2.75) is 109 Å². The first-order chi connectivity index (χ1) is 18.2. The number of hydrogen-bond donors (Lipinski definition) is 0. The zero-order valence-electron chi connectivity index (χ0n) is 23.0. The van der Waals surface area contributed by atoms with E-state index >= 15 is 0 Å². The summed E-state index contributed by atoms with van der Waals surface area (Å²) in [5, 5.41) is 0. The molecule has 0 unspecified atom stereocenters. The molecule has 202 valence electrons. The fourth-order valence-corrected chi connectivity index (χ4v) is 5.73. The van der Waals surface area contributed by atoms with Gasteiger partial charge >= 0.3 is 5.97 Å². The molecule has 0 bridgehead atoms. The van der Waals surface area contributed by atoms with Crippen LogP contribution >= 0.6 is 0 Å². The molecule has 1 saturated heterocycles. The molecular weight excluding hydrogens is 460 g/mol. The van der Waals surface area contributed by atoms with Gasteiger partial charge in [-0.3, -0.25) is 0 Å². The number of carbonyl (C=O) groups is 1. The standard InChI is InChI=1S/C33H46O4/c1-3-5-7-11-21-35-32(34)27-16-18-28(19-17-27)33-36-23-29(24-37-33)30-20-15-25(12-6-4-2)22-31(30)26-13-9-8-10-14-26/h15-20,22,26,29,33H,3-14,21,23-24H2,1-2H3/t29-,33-. The van der Waals surface area contributed by atoms with E-state index in [0.29, 0.717) is 31.3 Å². The molecule has 0 N–H and O–H groups in total. The van der Waals surface area contributed by atoms with Gasteiger partial charge in [0.05, 0.1) is 25.4 Å². The van der Waals surface area contributed by atoms with E-state index in [1.165, 1.54) is 75.3 Å². The molecule has 2 fully saturated rings. The van der Waals surface area contributed by atoms with Crippen LogP contribution in [0.25, 0.3) is 0 Å². The van der Waals surface area contributed by atoms with E-state index in [4.69, 9.17) is 14.2 Å². The molecule has 0 amide bonds. The molecule has 2 aromatic rings. The van der Waals surface area contributed by atoms with Crippen LogP contribution in [0.4, 0.5) is 0 Å². The number of hydrogen-bond acceptors (Lipinski definition) is 4. The lowest BCUT2D eigenvalue weighted by Crippen LogP contribution is -2.27. The molecule has 0 atom stereocenters. The Hall–Kier alpha value is -2.17. The molecule has 2 aromatic carbocycles. The van der Waals surface area contributed by atoms with Crippen LogP contribution in [0, 0.1) is 0 Å². The average Bonchev–Trinajstić information content (AvgIpc) is 2.96. The first kappa shape index (κ1) is 27.9. The van der Waals surface area contributed by atoms with E-state index in [1.807, 2.05) is 24.3 Å². The minimum atomic E-state index is -0.391. The monoisotopic (exact) mass is 506 g/mol. The fourth-order valence-electron chi connectivity index (χ4n) is 5.73. The van der Waals surface area contributed by atoms with Crippen molar-refractivity contribution in [1.29, 1.82) is 0 Å². The summed E-state index contributed by atoms with van der Waals surface area (Å²) in [4.78, 5) is 12.3. The lowest BCUT2D eigenvalue weighted by Gasteiger charge is -2.33. The topological polar surface area (TPSA) is 44.8 Å². The zero-order valence-corrected chi connectivity index (χ0v) is 23.0. The van der Waals surface area contributed by atoms with E-state index in [0.717, 1.165) is 18.4 Å². The van der Waals surface area contributed by atoms with E-state index in [-0.39, 0.29) is 11.9 Å². The molecule has 1 aliphatic heterocycles. The number of rotatable bonds is 12. The Bertz CT molecular complexity index is 953. The first-order valence-corrected chi connectivity index (χ1v) is 14.8. The average molecular weight is 507 g/mol. The second kappa shape index (κ2) is 14.7. The van der Waals surface area contributed by atoms with Crippen molar-refractivity contribution < 1.29 is 19.0 Å². The normalized spacial score (nSPS) is 20.6. The van der Waals surface area contributed by atoms with Crippen LogP contribution in [0.1, 0.15) is 135 Å². The summed E-state index contributed by atoms with van der Waals surface area (Å²) < 4.78 is 17.9. The summed E-state index contributed by atoms with van der Waals surface area (Å²) in [6.45, 7) is 6.23. The lowest BCUT2D eigenvalue weighted by atomic mass is 9.78. The Balaban J connectivity index is 1.35. The number of aryl methyl sites for hydroxylation is 1. The molecule has 0 radical (unpaired) electrons. The smallest absolute Gasteiger partial charge is 0.338 e. The molecule has 0 spiro atoms. The quantitative estimate of drug-likeness (QED) is 0.213. The summed E-state index contributed by atoms with van der Waals surface area (Å²) in [5.41, 5.74) is 5.96. The maximum Gasteiger partial charge on any atom is 0.338 e. The van der Waals surface area contributed by atoms with Gasteiger partial charge in [0.15, 0.2) is 6.29 Å².